The monoisotopic (exact) mass is 682 g/mol. The molecule has 0 aromatic heterocycles. The summed E-state index contributed by atoms with van der Waals surface area (Å²) in [6.07, 6.45) is 0. The molecule has 0 radical (unpaired) electrons. The molecule has 7 aromatic carbocycles. The van der Waals surface area contributed by atoms with Crippen molar-refractivity contribution in [3.63, 3.8) is 0 Å². The summed E-state index contributed by atoms with van der Waals surface area (Å²) in [7, 11) is 0. The van der Waals surface area contributed by atoms with Gasteiger partial charge in [0, 0.05) is 38.8 Å². The van der Waals surface area contributed by atoms with Gasteiger partial charge in [-0.15, -0.1) is 0 Å². The minimum atomic E-state index is -0.175. The van der Waals surface area contributed by atoms with Gasteiger partial charge < -0.3 is 9.71 Å². The smallest absolute Gasteiger partial charge is 0.333 e. The third-order valence-corrected chi connectivity index (χ3v) is 13.1. The van der Waals surface area contributed by atoms with Gasteiger partial charge in [-0.1, -0.05) is 152 Å². The van der Waals surface area contributed by atoms with Gasteiger partial charge in [0.15, 0.2) is 0 Å². The first-order valence-electron chi connectivity index (χ1n) is 19.2. The number of hydrogen-bond donors (Lipinski definition) is 0. The molecule has 0 atom stereocenters. The number of anilines is 5. The van der Waals surface area contributed by atoms with Gasteiger partial charge in [-0.05, 0) is 96.6 Å². The van der Waals surface area contributed by atoms with Crippen LogP contribution in [0.4, 0.5) is 28.4 Å². The molecule has 53 heavy (non-hydrogen) atoms. The molecule has 3 aliphatic heterocycles. The molecule has 0 saturated heterocycles. The van der Waals surface area contributed by atoms with E-state index >= 15 is 0 Å². The minimum Gasteiger partial charge on any atom is -0.376 e. The zero-order chi connectivity index (χ0) is 36.2. The van der Waals surface area contributed by atoms with Crippen LogP contribution in [0.2, 0.25) is 0 Å². The third-order valence-electron chi connectivity index (χ3n) is 13.1. The van der Waals surface area contributed by atoms with Crippen molar-refractivity contribution in [1.82, 2.24) is 0 Å². The molecule has 0 saturated carbocycles. The van der Waals surface area contributed by atoms with E-state index < -0.39 is 0 Å². The second-order valence-electron chi connectivity index (χ2n) is 17.8. The van der Waals surface area contributed by atoms with Crippen LogP contribution < -0.4 is 20.6 Å². The summed E-state index contributed by atoms with van der Waals surface area (Å²) in [6.45, 7) is 16.6. The van der Waals surface area contributed by atoms with Crippen LogP contribution in [0.15, 0.2) is 133 Å². The molecule has 3 heteroatoms. The zero-order valence-electron chi connectivity index (χ0n) is 31.7. The Hall–Kier alpha value is -5.54. The summed E-state index contributed by atoms with van der Waals surface area (Å²) in [5.41, 5.74) is 21.3. The maximum atomic E-state index is 2.70. The van der Waals surface area contributed by atoms with Crippen LogP contribution in [0, 0.1) is 0 Å². The SMILES string of the molecule is CC(C)(C)c1ccc(N2B3c4cccc5c4N(c4ccccc4C5(C)C)c4c3c(cc3ccccc43)-c3c2ccc2c3C(C)(C)c3ccccc3-2)cc1. The molecule has 256 valence electrons. The molecule has 2 nitrogen and oxygen atoms in total. The van der Waals surface area contributed by atoms with E-state index in [4.69, 9.17) is 0 Å². The van der Waals surface area contributed by atoms with Crippen molar-refractivity contribution >= 4 is 57.0 Å². The normalized spacial score (nSPS) is 16.4. The Kier molecular flexibility index (Phi) is 5.92. The zero-order valence-corrected chi connectivity index (χ0v) is 31.7. The Morgan fingerprint density at radius 1 is 0.547 bits per heavy atom. The predicted molar refractivity (Wildman–Crippen MR) is 226 cm³/mol. The van der Waals surface area contributed by atoms with Crippen LogP contribution in [-0.4, -0.2) is 6.85 Å². The summed E-state index contributed by atoms with van der Waals surface area (Å²) in [4.78, 5) is 5.35. The van der Waals surface area contributed by atoms with Crippen molar-refractivity contribution in [3.8, 4) is 22.3 Å². The standard InChI is InChI=1S/C50H43BN2/c1-48(2,3)31-23-25-32(26-24-31)53-42-28-27-35-34-17-10-11-18-37(34)50(6,7)44(35)43(42)36-29-30-15-8-9-16-33(30)46-45(36)51(53)40-21-14-20-39-47(40)52(46)41-22-13-12-19-38(41)49(39,4)5/h8-29H,1-7H3. The lowest BCUT2D eigenvalue weighted by atomic mass is 9.42. The minimum absolute atomic E-state index is 0.0187. The summed E-state index contributed by atoms with van der Waals surface area (Å²) >= 11 is 0. The largest absolute Gasteiger partial charge is 0.376 e. The van der Waals surface area contributed by atoms with E-state index in [1.807, 2.05) is 0 Å². The van der Waals surface area contributed by atoms with Crippen molar-refractivity contribution in [2.24, 2.45) is 0 Å². The fourth-order valence-electron chi connectivity index (χ4n) is 10.6. The van der Waals surface area contributed by atoms with E-state index in [0.29, 0.717) is 0 Å². The van der Waals surface area contributed by atoms with Crippen molar-refractivity contribution < 1.29 is 0 Å². The lowest BCUT2D eigenvalue weighted by Crippen LogP contribution is -2.62. The molecule has 0 fully saturated rings. The molecule has 4 aliphatic rings. The number of rotatable bonds is 1. The molecule has 1 aliphatic carbocycles. The molecule has 3 heterocycles. The highest BCUT2D eigenvalue weighted by Crippen LogP contribution is 2.60. The van der Waals surface area contributed by atoms with Gasteiger partial charge in [0.1, 0.15) is 0 Å². The topological polar surface area (TPSA) is 6.48 Å². The Morgan fingerprint density at radius 3 is 2.04 bits per heavy atom. The summed E-state index contributed by atoms with van der Waals surface area (Å²) in [6, 6.07) is 51.2. The van der Waals surface area contributed by atoms with Gasteiger partial charge in [0.2, 0.25) is 0 Å². The third kappa shape index (κ3) is 3.85. The van der Waals surface area contributed by atoms with Gasteiger partial charge in [0.05, 0.1) is 11.4 Å². The van der Waals surface area contributed by atoms with Crippen molar-refractivity contribution in [3.05, 3.63) is 161 Å². The lowest BCUT2D eigenvalue weighted by Gasteiger charge is -2.51. The van der Waals surface area contributed by atoms with Crippen LogP contribution in [0.5, 0.6) is 0 Å². The fourth-order valence-corrected chi connectivity index (χ4v) is 10.6. The molecule has 7 aromatic rings. The van der Waals surface area contributed by atoms with Crippen LogP contribution >= 0.6 is 0 Å². The van der Waals surface area contributed by atoms with Gasteiger partial charge >= 0.3 is 6.85 Å². The number of hydrogen-bond acceptors (Lipinski definition) is 2. The molecule has 0 N–H and O–H groups in total. The van der Waals surface area contributed by atoms with E-state index in [1.165, 1.54) is 100 Å². The molecular weight excluding hydrogens is 639 g/mol. The van der Waals surface area contributed by atoms with Crippen LogP contribution in [0.1, 0.15) is 76.3 Å². The Labute approximate surface area is 313 Å². The molecule has 0 amide bonds. The molecule has 0 spiro atoms. The highest BCUT2D eigenvalue weighted by molar-refractivity contribution is 6.94. The van der Waals surface area contributed by atoms with E-state index in [-0.39, 0.29) is 23.1 Å². The second kappa shape index (κ2) is 10.1. The second-order valence-corrected chi connectivity index (χ2v) is 17.8. The van der Waals surface area contributed by atoms with Crippen LogP contribution in [-0.2, 0) is 16.2 Å². The summed E-state index contributed by atoms with van der Waals surface area (Å²) < 4.78 is 0. The van der Waals surface area contributed by atoms with Gasteiger partial charge in [-0.25, -0.2) is 0 Å². The highest BCUT2D eigenvalue weighted by Gasteiger charge is 2.51. The van der Waals surface area contributed by atoms with E-state index in [0.717, 1.165) is 0 Å². The Bertz CT molecular complexity index is 2730. The highest BCUT2D eigenvalue weighted by atomic mass is 15.2. The number of benzene rings is 7. The molecule has 11 rings (SSSR count). The molecule has 0 bridgehead atoms. The van der Waals surface area contributed by atoms with Crippen molar-refractivity contribution in [2.45, 2.75) is 64.7 Å². The Balaban J connectivity index is 1.33. The number of para-hydroxylation sites is 2. The maximum absolute atomic E-state index is 2.70. The average molecular weight is 683 g/mol. The van der Waals surface area contributed by atoms with Crippen molar-refractivity contribution in [2.75, 3.05) is 9.71 Å². The first kappa shape index (κ1) is 31.0. The number of nitrogens with zero attached hydrogens (tertiary/aromatic N) is 2. The van der Waals surface area contributed by atoms with E-state index in [2.05, 4.69) is 192 Å². The predicted octanol–water partition coefficient (Wildman–Crippen LogP) is 11.8. The van der Waals surface area contributed by atoms with E-state index in [9.17, 15) is 0 Å². The quantitative estimate of drug-likeness (QED) is 0.159. The average Bonchev–Trinajstić information content (AvgIpc) is 3.40. The Morgan fingerprint density at radius 2 is 1.25 bits per heavy atom. The lowest BCUT2D eigenvalue weighted by molar-refractivity contribution is 0.590. The summed E-state index contributed by atoms with van der Waals surface area (Å²) in [5.74, 6) is 0. The molecule has 0 unspecified atom stereocenters. The molecular formula is C50H43BN2. The van der Waals surface area contributed by atoms with Crippen molar-refractivity contribution in [1.29, 1.82) is 0 Å². The van der Waals surface area contributed by atoms with Crippen LogP contribution in [0.3, 0.4) is 0 Å². The van der Waals surface area contributed by atoms with Gasteiger partial charge in [0.25, 0.3) is 0 Å². The van der Waals surface area contributed by atoms with Gasteiger partial charge in [-0.2, -0.15) is 0 Å². The maximum Gasteiger partial charge on any atom is 0.333 e. The van der Waals surface area contributed by atoms with Crippen LogP contribution in [0.25, 0.3) is 33.0 Å². The first-order valence-corrected chi connectivity index (χ1v) is 19.2. The number of fused-ring (bicyclic) bond motifs is 12. The van der Waals surface area contributed by atoms with Gasteiger partial charge in [-0.3, -0.25) is 0 Å². The fraction of sp³-hybridized carbons (Fsp3) is 0.200. The summed E-state index contributed by atoms with van der Waals surface area (Å²) in [5, 5.41) is 2.58. The van der Waals surface area contributed by atoms with E-state index in [1.54, 1.807) is 0 Å². The first-order chi connectivity index (χ1) is 25.5.